The van der Waals surface area contributed by atoms with E-state index >= 15 is 0 Å². The van der Waals surface area contributed by atoms with Crippen molar-refractivity contribution in [1.82, 2.24) is 0 Å². The van der Waals surface area contributed by atoms with Crippen molar-refractivity contribution in [2.24, 2.45) is 0 Å². The predicted octanol–water partition coefficient (Wildman–Crippen LogP) is 5.54. The molecule has 1 unspecified atom stereocenters. The number of carbonyl (C=O) groups excluding carboxylic acids is 1. The Kier molecular flexibility index (Phi) is 4.03. The zero-order valence-electron chi connectivity index (χ0n) is 12.3. The fourth-order valence-corrected chi connectivity index (χ4v) is 2.74. The molecule has 4 heteroatoms. The fourth-order valence-electron chi connectivity index (χ4n) is 2.31. The van der Waals surface area contributed by atoms with Gasteiger partial charge in [0.1, 0.15) is 6.10 Å². The first kappa shape index (κ1) is 14.9. The van der Waals surface area contributed by atoms with E-state index in [1.807, 2.05) is 49.4 Å². The second-order valence-electron chi connectivity index (χ2n) is 5.13. The minimum Gasteiger partial charge on any atom is -0.482 e. The van der Waals surface area contributed by atoms with Crippen LogP contribution in [0, 0.1) is 0 Å². The van der Waals surface area contributed by atoms with Gasteiger partial charge in [0.15, 0.2) is 22.9 Å². The fraction of sp³-hybridized carbons (Fsp3) is 0.167. The number of furan rings is 1. The van der Waals surface area contributed by atoms with E-state index in [0.29, 0.717) is 17.1 Å². The van der Waals surface area contributed by atoms with Crippen molar-refractivity contribution in [3.05, 3.63) is 64.3 Å². The van der Waals surface area contributed by atoms with Gasteiger partial charge in [0.05, 0.1) is 0 Å². The second-order valence-corrected chi connectivity index (χ2v) is 5.98. The molecule has 0 spiro atoms. The van der Waals surface area contributed by atoms with Crippen LogP contribution in [-0.4, -0.2) is 5.78 Å². The van der Waals surface area contributed by atoms with Gasteiger partial charge < -0.3 is 9.15 Å². The SMILES string of the molecule is CC(=O)c1cc2c(Br)ccc(OC(C)c3ccccc3)c2o1. The molecule has 0 amide bonds. The lowest BCUT2D eigenvalue weighted by molar-refractivity contribution is 0.0989. The van der Waals surface area contributed by atoms with Crippen molar-refractivity contribution in [2.75, 3.05) is 0 Å². The van der Waals surface area contributed by atoms with Crippen molar-refractivity contribution < 1.29 is 13.9 Å². The summed E-state index contributed by atoms with van der Waals surface area (Å²) >= 11 is 3.48. The Morgan fingerprint density at radius 2 is 1.91 bits per heavy atom. The Morgan fingerprint density at radius 1 is 1.18 bits per heavy atom. The Balaban J connectivity index is 2.00. The van der Waals surface area contributed by atoms with Crippen LogP contribution in [-0.2, 0) is 0 Å². The number of fused-ring (bicyclic) bond motifs is 1. The average molecular weight is 359 g/mol. The third-order valence-electron chi connectivity index (χ3n) is 3.51. The summed E-state index contributed by atoms with van der Waals surface area (Å²) in [5.41, 5.74) is 1.67. The lowest BCUT2D eigenvalue weighted by atomic mass is 10.1. The van der Waals surface area contributed by atoms with Gasteiger partial charge in [-0.15, -0.1) is 0 Å². The van der Waals surface area contributed by atoms with Crippen LogP contribution in [0.5, 0.6) is 5.75 Å². The van der Waals surface area contributed by atoms with Gasteiger partial charge in [-0.3, -0.25) is 4.79 Å². The van der Waals surface area contributed by atoms with Crippen LogP contribution >= 0.6 is 15.9 Å². The Bertz CT molecular complexity index is 821. The van der Waals surface area contributed by atoms with E-state index in [1.165, 1.54) is 6.92 Å². The molecule has 0 radical (unpaired) electrons. The topological polar surface area (TPSA) is 39.4 Å². The van der Waals surface area contributed by atoms with E-state index in [4.69, 9.17) is 9.15 Å². The zero-order valence-corrected chi connectivity index (χ0v) is 13.9. The van der Waals surface area contributed by atoms with Crippen molar-refractivity contribution in [3.8, 4) is 5.75 Å². The van der Waals surface area contributed by atoms with Crippen LogP contribution < -0.4 is 4.74 Å². The first-order valence-corrected chi connectivity index (χ1v) is 7.80. The van der Waals surface area contributed by atoms with Crippen LogP contribution in [0.2, 0.25) is 0 Å². The summed E-state index contributed by atoms with van der Waals surface area (Å²) < 4.78 is 12.6. The van der Waals surface area contributed by atoms with Gasteiger partial charge in [0.25, 0.3) is 0 Å². The van der Waals surface area contributed by atoms with Crippen LogP contribution in [0.1, 0.15) is 36.1 Å². The number of carbonyl (C=O) groups is 1. The Morgan fingerprint density at radius 3 is 2.59 bits per heavy atom. The number of ether oxygens (including phenoxy) is 1. The molecule has 0 aliphatic carbocycles. The van der Waals surface area contributed by atoms with Gasteiger partial charge in [-0.2, -0.15) is 0 Å². The third kappa shape index (κ3) is 2.79. The van der Waals surface area contributed by atoms with Crippen molar-refractivity contribution >= 4 is 32.7 Å². The molecule has 1 aromatic heterocycles. The molecule has 0 aliphatic rings. The van der Waals surface area contributed by atoms with Gasteiger partial charge >= 0.3 is 0 Å². The summed E-state index contributed by atoms with van der Waals surface area (Å²) in [6, 6.07) is 15.4. The molecule has 112 valence electrons. The number of halogens is 1. The molecule has 2 aromatic carbocycles. The quantitative estimate of drug-likeness (QED) is 0.575. The van der Waals surface area contributed by atoms with Gasteiger partial charge in [-0.05, 0) is 30.7 Å². The number of hydrogen-bond acceptors (Lipinski definition) is 3. The smallest absolute Gasteiger partial charge is 0.194 e. The number of ketones is 1. The molecular weight excluding hydrogens is 344 g/mol. The molecule has 1 atom stereocenters. The molecule has 3 aromatic rings. The van der Waals surface area contributed by atoms with Crippen LogP contribution in [0.15, 0.2) is 57.4 Å². The minimum atomic E-state index is -0.114. The summed E-state index contributed by atoms with van der Waals surface area (Å²) in [5, 5.41) is 0.836. The number of hydrogen-bond donors (Lipinski definition) is 0. The van der Waals surface area contributed by atoms with E-state index < -0.39 is 0 Å². The highest BCUT2D eigenvalue weighted by Gasteiger charge is 2.16. The molecule has 0 N–H and O–H groups in total. The van der Waals surface area contributed by atoms with Crippen molar-refractivity contribution in [2.45, 2.75) is 20.0 Å². The Labute approximate surface area is 137 Å². The normalized spacial score (nSPS) is 12.3. The van der Waals surface area contributed by atoms with Crippen LogP contribution in [0.4, 0.5) is 0 Å². The van der Waals surface area contributed by atoms with Crippen molar-refractivity contribution in [1.29, 1.82) is 0 Å². The summed E-state index contributed by atoms with van der Waals surface area (Å²) in [6.45, 7) is 3.47. The second kappa shape index (κ2) is 5.97. The van der Waals surface area contributed by atoms with Crippen LogP contribution in [0.3, 0.4) is 0 Å². The molecule has 0 aliphatic heterocycles. The van der Waals surface area contributed by atoms with E-state index in [-0.39, 0.29) is 11.9 Å². The summed E-state index contributed by atoms with van der Waals surface area (Å²) in [6.07, 6.45) is -0.114. The molecule has 0 fully saturated rings. The predicted molar refractivity (Wildman–Crippen MR) is 89.4 cm³/mol. The summed E-state index contributed by atoms with van der Waals surface area (Å²) in [5.74, 6) is 0.853. The van der Waals surface area contributed by atoms with E-state index in [0.717, 1.165) is 15.4 Å². The minimum absolute atomic E-state index is 0.106. The molecular formula is C18H15BrO3. The number of rotatable bonds is 4. The number of Topliss-reactive ketones (excluding diaryl/α,β-unsaturated/α-hetero) is 1. The highest BCUT2D eigenvalue weighted by atomic mass is 79.9. The molecule has 1 heterocycles. The maximum atomic E-state index is 11.5. The maximum absolute atomic E-state index is 11.5. The van der Waals surface area contributed by atoms with E-state index in [2.05, 4.69) is 15.9 Å². The molecule has 22 heavy (non-hydrogen) atoms. The largest absolute Gasteiger partial charge is 0.482 e. The van der Waals surface area contributed by atoms with Gasteiger partial charge in [0.2, 0.25) is 0 Å². The molecule has 3 rings (SSSR count). The first-order valence-electron chi connectivity index (χ1n) is 7.01. The lowest BCUT2D eigenvalue weighted by Crippen LogP contribution is -2.02. The molecule has 0 saturated carbocycles. The third-order valence-corrected chi connectivity index (χ3v) is 4.21. The summed E-state index contributed by atoms with van der Waals surface area (Å²) in [4.78, 5) is 11.5. The van der Waals surface area contributed by atoms with E-state index in [1.54, 1.807) is 6.07 Å². The van der Waals surface area contributed by atoms with Gasteiger partial charge in [-0.1, -0.05) is 46.3 Å². The standard InChI is InChI=1S/C18H15BrO3/c1-11(20)17-10-14-15(19)8-9-16(18(14)22-17)21-12(2)13-6-4-3-5-7-13/h3-10,12H,1-2H3. The van der Waals surface area contributed by atoms with Gasteiger partial charge in [0, 0.05) is 16.8 Å². The molecule has 0 saturated heterocycles. The number of benzene rings is 2. The van der Waals surface area contributed by atoms with Gasteiger partial charge in [-0.25, -0.2) is 0 Å². The zero-order chi connectivity index (χ0) is 15.7. The highest BCUT2D eigenvalue weighted by molar-refractivity contribution is 9.10. The van der Waals surface area contributed by atoms with Crippen LogP contribution in [0.25, 0.3) is 11.0 Å². The van der Waals surface area contributed by atoms with Crippen molar-refractivity contribution in [3.63, 3.8) is 0 Å². The van der Waals surface area contributed by atoms with E-state index in [9.17, 15) is 4.79 Å². The molecule has 3 nitrogen and oxygen atoms in total. The lowest BCUT2D eigenvalue weighted by Gasteiger charge is -2.15. The first-order chi connectivity index (χ1) is 10.6. The highest BCUT2D eigenvalue weighted by Crippen LogP contribution is 2.36. The summed E-state index contributed by atoms with van der Waals surface area (Å²) in [7, 11) is 0. The monoisotopic (exact) mass is 358 g/mol. The maximum Gasteiger partial charge on any atom is 0.194 e. The molecule has 0 bridgehead atoms. The average Bonchev–Trinajstić information content (AvgIpc) is 2.97. The Hall–Kier alpha value is -2.07.